The summed E-state index contributed by atoms with van der Waals surface area (Å²) >= 11 is 1.44. The SMILES string of the molecule is CC(C)C[C@]1(OC(=O)O)C[C@H](c2ccccn2)[C@H](c2nccs2)N1C(=O)c1ccc(C(C)(C)C)cc1. The van der Waals surface area contributed by atoms with Crippen molar-refractivity contribution in [3.05, 3.63) is 82.1 Å². The third kappa shape index (κ3) is 5.14. The number of carbonyl (C=O) groups excluding carboxylic acids is 1. The molecule has 8 heteroatoms. The van der Waals surface area contributed by atoms with Crippen LogP contribution in [0.3, 0.4) is 0 Å². The lowest BCUT2D eigenvalue weighted by Crippen LogP contribution is -2.52. The lowest BCUT2D eigenvalue weighted by molar-refractivity contribution is -0.108. The minimum atomic E-state index is -1.41. The maximum absolute atomic E-state index is 14.3. The van der Waals surface area contributed by atoms with Crippen molar-refractivity contribution in [3.63, 3.8) is 0 Å². The average Bonchev–Trinajstić information content (AvgIpc) is 3.44. The van der Waals surface area contributed by atoms with Crippen LogP contribution in [0.4, 0.5) is 4.79 Å². The first-order chi connectivity index (χ1) is 17.0. The Balaban J connectivity index is 1.89. The van der Waals surface area contributed by atoms with Crippen molar-refractivity contribution in [3.8, 4) is 0 Å². The van der Waals surface area contributed by atoms with Crippen LogP contribution in [0.5, 0.6) is 0 Å². The van der Waals surface area contributed by atoms with Gasteiger partial charge in [-0.15, -0.1) is 11.3 Å². The number of carboxylic acid groups (broad SMARTS) is 1. The molecule has 0 saturated carbocycles. The molecule has 1 fully saturated rings. The van der Waals surface area contributed by atoms with Gasteiger partial charge in [-0.2, -0.15) is 0 Å². The molecule has 0 spiro atoms. The van der Waals surface area contributed by atoms with E-state index in [1.165, 1.54) is 11.3 Å². The van der Waals surface area contributed by atoms with E-state index in [4.69, 9.17) is 4.74 Å². The molecular formula is C28H33N3O4S. The maximum atomic E-state index is 14.3. The number of amides is 1. The number of benzene rings is 1. The highest BCUT2D eigenvalue weighted by Crippen LogP contribution is 2.54. The fourth-order valence-corrected chi connectivity index (χ4v) is 5.98. The van der Waals surface area contributed by atoms with E-state index < -0.39 is 17.9 Å². The second kappa shape index (κ2) is 10.0. The Morgan fingerprint density at radius 1 is 1.14 bits per heavy atom. The number of pyridine rings is 1. The second-order valence-electron chi connectivity index (χ2n) is 10.8. The molecule has 1 saturated heterocycles. The topological polar surface area (TPSA) is 92.6 Å². The molecule has 0 radical (unpaired) electrons. The number of aromatic nitrogens is 2. The van der Waals surface area contributed by atoms with E-state index in [0.717, 1.165) is 16.3 Å². The summed E-state index contributed by atoms with van der Waals surface area (Å²) in [6.45, 7) is 10.4. The van der Waals surface area contributed by atoms with E-state index in [9.17, 15) is 14.7 Å². The summed E-state index contributed by atoms with van der Waals surface area (Å²) in [5.74, 6) is -0.494. The lowest BCUT2D eigenvalue weighted by atomic mass is 9.86. The number of hydrogen-bond acceptors (Lipinski definition) is 6. The molecular weight excluding hydrogens is 474 g/mol. The highest BCUT2D eigenvalue weighted by molar-refractivity contribution is 7.09. The molecule has 4 rings (SSSR count). The molecule has 0 aliphatic carbocycles. The minimum Gasteiger partial charge on any atom is -0.450 e. The van der Waals surface area contributed by atoms with Gasteiger partial charge in [0.1, 0.15) is 5.01 Å². The standard InChI is InChI=1S/C28H33N3O4S/c1-18(2)16-28(35-26(33)34)17-21(22-8-6-7-13-29-22)23(24-30-14-15-36-24)31(28)25(32)19-9-11-20(12-10-19)27(3,4)5/h6-15,18,21,23H,16-17H2,1-5H3,(H,33,34)/t21-,23-,28+/m1/s1. The fourth-order valence-electron chi connectivity index (χ4n) is 5.19. The van der Waals surface area contributed by atoms with E-state index in [1.807, 2.05) is 61.7 Å². The van der Waals surface area contributed by atoms with Gasteiger partial charge < -0.3 is 9.84 Å². The molecule has 0 bridgehead atoms. The van der Waals surface area contributed by atoms with Gasteiger partial charge in [0.25, 0.3) is 5.91 Å². The van der Waals surface area contributed by atoms with Crippen molar-refractivity contribution in [2.75, 3.05) is 0 Å². The first kappa shape index (κ1) is 25.8. The molecule has 3 atom stereocenters. The van der Waals surface area contributed by atoms with Gasteiger partial charge >= 0.3 is 6.16 Å². The van der Waals surface area contributed by atoms with Crippen molar-refractivity contribution >= 4 is 23.4 Å². The third-order valence-corrected chi connectivity index (χ3v) is 7.48. The van der Waals surface area contributed by atoms with Crippen molar-refractivity contribution in [1.82, 2.24) is 14.9 Å². The summed E-state index contributed by atoms with van der Waals surface area (Å²) in [6.07, 6.45) is 2.67. The van der Waals surface area contributed by atoms with Crippen LogP contribution in [-0.4, -0.2) is 37.8 Å². The zero-order valence-corrected chi connectivity index (χ0v) is 22.2. The van der Waals surface area contributed by atoms with Crippen LogP contribution in [0, 0.1) is 5.92 Å². The van der Waals surface area contributed by atoms with Crippen LogP contribution in [0.1, 0.15) is 86.0 Å². The first-order valence-electron chi connectivity index (χ1n) is 12.2. The van der Waals surface area contributed by atoms with Gasteiger partial charge in [-0.3, -0.25) is 14.7 Å². The average molecular weight is 508 g/mol. The number of nitrogens with zero attached hydrogens (tertiary/aromatic N) is 3. The number of thiazole rings is 1. The predicted octanol–water partition coefficient (Wildman–Crippen LogP) is 6.64. The van der Waals surface area contributed by atoms with Gasteiger partial charge in [-0.25, -0.2) is 9.78 Å². The number of hydrogen-bond donors (Lipinski definition) is 1. The molecule has 3 heterocycles. The largest absolute Gasteiger partial charge is 0.507 e. The second-order valence-corrected chi connectivity index (χ2v) is 11.7. The molecule has 1 N–H and O–H groups in total. The Labute approximate surface area is 216 Å². The number of likely N-dealkylation sites (tertiary alicyclic amines) is 1. The van der Waals surface area contributed by atoms with Crippen molar-refractivity contribution < 1.29 is 19.4 Å². The fraction of sp³-hybridized carbons (Fsp3) is 0.429. The van der Waals surface area contributed by atoms with Crippen LogP contribution in [-0.2, 0) is 10.2 Å². The normalized spacial score (nSPS) is 22.1. The molecule has 1 aromatic carbocycles. The van der Waals surface area contributed by atoms with Gasteiger partial charge in [0.05, 0.1) is 6.04 Å². The van der Waals surface area contributed by atoms with E-state index in [2.05, 4.69) is 30.7 Å². The van der Waals surface area contributed by atoms with E-state index in [-0.39, 0.29) is 23.2 Å². The maximum Gasteiger partial charge on any atom is 0.507 e. The van der Waals surface area contributed by atoms with Crippen molar-refractivity contribution in [1.29, 1.82) is 0 Å². The summed E-state index contributed by atoms with van der Waals surface area (Å²) in [5, 5.41) is 12.4. The van der Waals surface area contributed by atoms with Gasteiger partial charge in [0.2, 0.25) is 0 Å². The monoisotopic (exact) mass is 507 g/mol. The summed E-state index contributed by atoms with van der Waals surface area (Å²) in [4.78, 5) is 37.1. The molecule has 1 amide bonds. The molecule has 36 heavy (non-hydrogen) atoms. The van der Waals surface area contributed by atoms with Crippen LogP contribution in [0.2, 0.25) is 0 Å². The molecule has 0 unspecified atom stereocenters. The third-order valence-electron chi connectivity index (χ3n) is 6.63. The number of carbonyl (C=O) groups is 2. The van der Waals surface area contributed by atoms with E-state index >= 15 is 0 Å². The van der Waals surface area contributed by atoms with Gasteiger partial charge in [0, 0.05) is 47.8 Å². The zero-order valence-electron chi connectivity index (χ0n) is 21.3. The van der Waals surface area contributed by atoms with Gasteiger partial charge in [-0.1, -0.05) is 52.8 Å². The highest BCUT2D eigenvalue weighted by Gasteiger charge is 2.58. The van der Waals surface area contributed by atoms with Crippen molar-refractivity contribution in [2.24, 2.45) is 5.92 Å². The molecule has 2 aromatic heterocycles. The lowest BCUT2D eigenvalue weighted by Gasteiger charge is -2.40. The number of ether oxygens (including phenoxy) is 1. The van der Waals surface area contributed by atoms with Crippen LogP contribution < -0.4 is 0 Å². The summed E-state index contributed by atoms with van der Waals surface area (Å²) < 4.78 is 5.69. The highest BCUT2D eigenvalue weighted by atomic mass is 32.1. The molecule has 1 aliphatic rings. The zero-order chi connectivity index (χ0) is 26.1. The van der Waals surface area contributed by atoms with Crippen molar-refractivity contribution in [2.45, 2.75) is 70.6 Å². The Morgan fingerprint density at radius 3 is 2.39 bits per heavy atom. The number of rotatable bonds is 6. The Morgan fingerprint density at radius 2 is 1.86 bits per heavy atom. The Kier molecular flexibility index (Phi) is 7.18. The molecule has 3 aromatic rings. The summed E-state index contributed by atoms with van der Waals surface area (Å²) in [7, 11) is 0. The first-order valence-corrected chi connectivity index (χ1v) is 13.1. The van der Waals surface area contributed by atoms with Crippen LogP contribution in [0.15, 0.2) is 60.2 Å². The van der Waals surface area contributed by atoms with E-state index in [0.29, 0.717) is 18.4 Å². The molecule has 190 valence electrons. The minimum absolute atomic E-state index is 0.0590. The Hall–Kier alpha value is -3.26. The van der Waals surface area contributed by atoms with E-state index in [1.54, 1.807) is 17.3 Å². The smallest absolute Gasteiger partial charge is 0.450 e. The summed E-state index contributed by atoms with van der Waals surface area (Å²) in [5.41, 5.74) is 0.944. The summed E-state index contributed by atoms with van der Waals surface area (Å²) in [6, 6.07) is 12.7. The molecule has 7 nitrogen and oxygen atoms in total. The van der Waals surface area contributed by atoms with Crippen LogP contribution >= 0.6 is 11.3 Å². The quantitative estimate of drug-likeness (QED) is 0.376. The predicted molar refractivity (Wildman–Crippen MR) is 139 cm³/mol. The Bertz CT molecular complexity index is 1190. The van der Waals surface area contributed by atoms with Gasteiger partial charge in [0.15, 0.2) is 5.72 Å². The van der Waals surface area contributed by atoms with Gasteiger partial charge in [-0.05, 0) is 41.2 Å². The van der Waals surface area contributed by atoms with Crippen LogP contribution in [0.25, 0.3) is 0 Å². The molecule has 1 aliphatic heterocycles.